The number of rotatable bonds is 19. The Balaban J connectivity index is 1.27. The number of ketones is 1. The van der Waals surface area contributed by atoms with Crippen LogP contribution in [0.1, 0.15) is 107 Å². The molecule has 0 bridgehead atoms. The van der Waals surface area contributed by atoms with Crippen molar-refractivity contribution in [2.45, 2.75) is 115 Å². The second-order valence-electron chi connectivity index (χ2n) is 14.8. The van der Waals surface area contributed by atoms with Crippen molar-refractivity contribution >= 4 is 11.7 Å². The zero-order valence-electron chi connectivity index (χ0n) is 29.7. The highest BCUT2D eigenvalue weighted by Gasteiger charge is 2.36. The van der Waals surface area contributed by atoms with Crippen molar-refractivity contribution in [3.05, 3.63) is 65.2 Å². The van der Waals surface area contributed by atoms with Gasteiger partial charge in [0.25, 0.3) is 0 Å². The van der Waals surface area contributed by atoms with Gasteiger partial charge in [0, 0.05) is 44.8 Å². The molecule has 1 saturated carbocycles. The molecule has 1 heterocycles. The van der Waals surface area contributed by atoms with E-state index in [1.54, 1.807) is 0 Å². The van der Waals surface area contributed by atoms with E-state index in [2.05, 4.69) is 17.1 Å². The summed E-state index contributed by atoms with van der Waals surface area (Å²) >= 11 is 0. The van der Waals surface area contributed by atoms with Crippen LogP contribution in [0.15, 0.2) is 48.5 Å². The first-order valence-electron chi connectivity index (χ1n) is 19.2. The minimum Gasteiger partial charge on any atom is -0.492 e. The molecule has 0 aromatic heterocycles. The van der Waals surface area contributed by atoms with Crippen molar-refractivity contribution in [2.24, 2.45) is 17.8 Å². The summed E-state index contributed by atoms with van der Waals surface area (Å²) in [7, 11) is 0. The van der Waals surface area contributed by atoms with E-state index in [1.165, 1.54) is 19.3 Å². The third-order valence-electron chi connectivity index (χ3n) is 11.0. The number of carbonyl (C=O) groups is 2. The Morgan fingerprint density at radius 3 is 2.53 bits per heavy atom. The van der Waals surface area contributed by atoms with Gasteiger partial charge in [0.1, 0.15) is 18.1 Å². The number of amides is 1. The summed E-state index contributed by atoms with van der Waals surface area (Å²) in [5.41, 5.74) is 2.99. The Bertz CT molecular complexity index is 1290. The van der Waals surface area contributed by atoms with E-state index in [1.807, 2.05) is 48.5 Å². The Labute approximate surface area is 294 Å². The molecule has 0 unspecified atom stereocenters. The van der Waals surface area contributed by atoms with Gasteiger partial charge in [0.2, 0.25) is 5.91 Å². The number of nitrogens with one attached hydrogen (secondary N) is 1. The van der Waals surface area contributed by atoms with Gasteiger partial charge >= 0.3 is 0 Å². The van der Waals surface area contributed by atoms with Crippen LogP contribution in [-0.2, 0) is 27.2 Å². The fourth-order valence-corrected chi connectivity index (χ4v) is 8.10. The molecule has 3 N–H and O–H groups in total. The van der Waals surface area contributed by atoms with E-state index in [0.717, 1.165) is 93.8 Å². The molecule has 2 aromatic rings. The van der Waals surface area contributed by atoms with Gasteiger partial charge in [-0.25, -0.2) is 0 Å². The number of fused-ring (bicyclic) bond motifs is 1. The number of carbonyl (C=O) groups excluding carboxylic acids is 2. The van der Waals surface area contributed by atoms with Gasteiger partial charge in [0.15, 0.2) is 0 Å². The van der Waals surface area contributed by atoms with Gasteiger partial charge in [-0.3, -0.25) is 14.5 Å². The highest BCUT2D eigenvalue weighted by molar-refractivity contribution is 5.80. The molecule has 2 fully saturated rings. The maximum atomic E-state index is 14.1. The van der Waals surface area contributed by atoms with Crippen LogP contribution >= 0.6 is 0 Å². The van der Waals surface area contributed by atoms with E-state index in [0.29, 0.717) is 38.2 Å². The minimum atomic E-state index is -0.767. The lowest BCUT2D eigenvalue weighted by molar-refractivity contribution is -0.128. The quantitative estimate of drug-likeness (QED) is 0.152. The SMILES string of the molecule is CCCCCC(=O)C[C@@H](CC1CCCCC1)[C@@H](O)C[C@@H](Cc1ccc(OCCN2CCOCC2)cc1)C(=O)N[C@H]1c2ccccc2C[C@H]1O. The van der Waals surface area contributed by atoms with E-state index >= 15 is 0 Å². The monoisotopic (exact) mass is 676 g/mol. The first-order chi connectivity index (χ1) is 23.9. The molecule has 0 spiro atoms. The molecule has 1 aliphatic heterocycles. The standard InChI is InChI=1S/C41H60N2O6/c1-2-3-5-13-35(44)27-33(25-30-10-6-4-7-11-30)38(45)29-34(41(47)42-40-37-14-9-8-12-32(37)28-39(40)46)26-31-15-17-36(18-16-31)49-24-21-43-19-22-48-23-20-43/h8-9,12,14-18,30,33-34,38-40,45-46H,2-7,10-11,13,19-29H2,1H3,(H,42,47)/t33-,34-,38+,39-,40+/m1/s1. The highest BCUT2D eigenvalue weighted by atomic mass is 16.5. The average molecular weight is 677 g/mol. The molecule has 8 heteroatoms. The normalized spacial score (nSPS) is 21.9. The third kappa shape index (κ3) is 11.6. The number of morpholine rings is 1. The zero-order chi connectivity index (χ0) is 34.4. The average Bonchev–Trinajstić information content (AvgIpc) is 3.43. The van der Waals surface area contributed by atoms with Crippen LogP contribution in [0.4, 0.5) is 0 Å². The van der Waals surface area contributed by atoms with Crippen molar-refractivity contribution in [3.8, 4) is 5.75 Å². The zero-order valence-corrected chi connectivity index (χ0v) is 29.7. The van der Waals surface area contributed by atoms with Gasteiger partial charge in [-0.1, -0.05) is 88.3 Å². The summed E-state index contributed by atoms with van der Waals surface area (Å²) in [6.45, 7) is 6.97. The number of aliphatic hydroxyl groups excluding tert-OH is 2. The summed E-state index contributed by atoms with van der Waals surface area (Å²) in [6, 6.07) is 15.3. The molecule has 8 nitrogen and oxygen atoms in total. The van der Waals surface area contributed by atoms with E-state index < -0.39 is 24.2 Å². The summed E-state index contributed by atoms with van der Waals surface area (Å²) in [6.07, 6.45) is 10.5. The number of nitrogens with zero attached hydrogens (tertiary/aromatic N) is 1. The molecular weight excluding hydrogens is 616 g/mol. The molecule has 270 valence electrons. The van der Waals surface area contributed by atoms with Crippen LogP contribution < -0.4 is 10.1 Å². The first kappa shape index (κ1) is 37.5. The summed E-state index contributed by atoms with van der Waals surface area (Å²) < 4.78 is 11.5. The van der Waals surface area contributed by atoms with Gasteiger partial charge < -0.3 is 25.0 Å². The first-order valence-corrected chi connectivity index (χ1v) is 19.2. The smallest absolute Gasteiger partial charge is 0.224 e. The summed E-state index contributed by atoms with van der Waals surface area (Å²) in [5.74, 6) is 0.683. The molecule has 5 atom stereocenters. The van der Waals surface area contributed by atoms with E-state index in [-0.39, 0.29) is 24.0 Å². The molecular formula is C41H60N2O6. The van der Waals surface area contributed by atoms with Crippen molar-refractivity contribution in [1.29, 1.82) is 0 Å². The largest absolute Gasteiger partial charge is 0.492 e. The van der Waals surface area contributed by atoms with Crippen molar-refractivity contribution < 1.29 is 29.3 Å². The Hall–Kier alpha value is -2.78. The molecule has 0 radical (unpaired) electrons. The molecule has 5 rings (SSSR count). The number of unbranched alkanes of at least 4 members (excludes halogenated alkanes) is 2. The van der Waals surface area contributed by atoms with Crippen LogP contribution in [0, 0.1) is 17.8 Å². The third-order valence-corrected chi connectivity index (χ3v) is 11.0. The topological polar surface area (TPSA) is 108 Å². The maximum absolute atomic E-state index is 14.1. The fraction of sp³-hybridized carbons (Fsp3) is 0.659. The fourth-order valence-electron chi connectivity index (χ4n) is 8.10. The second kappa shape index (κ2) is 19.6. The molecule has 1 saturated heterocycles. The molecule has 1 amide bonds. The Morgan fingerprint density at radius 1 is 1.02 bits per heavy atom. The Morgan fingerprint density at radius 2 is 1.78 bits per heavy atom. The number of Topliss-reactive ketones (excluding diaryl/α,β-unsaturated/α-hetero) is 1. The van der Waals surface area contributed by atoms with Gasteiger partial charge in [-0.05, 0) is 66.3 Å². The maximum Gasteiger partial charge on any atom is 0.224 e. The van der Waals surface area contributed by atoms with Crippen molar-refractivity contribution in [1.82, 2.24) is 10.2 Å². The van der Waals surface area contributed by atoms with Crippen LogP contribution in [0.5, 0.6) is 5.75 Å². The number of hydrogen-bond acceptors (Lipinski definition) is 7. The molecule has 49 heavy (non-hydrogen) atoms. The summed E-state index contributed by atoms with van der Waals surface area (Å²) in [4.78, 5) is 29.6. The second-order valence-corrected chi connectivity index (χ2v) is 14.8. The van der Waals surface area contributed by atoms with E-state index in [9.17, 15) is 19.8 Å². The van der Waals surface area contributed by atoms with Gasteiger partial charge in [-0.2, -0.15) is 0 Å². The summed E-state index contributed by atoms with van der Waals surface area (Å²) in [5, 5.41) is 26.0. The van der Waals surface area contributed by atoms with Crippen molar-refractivity contribution in [3.63, 3.8) is 0 Å². The predicted octanol–water partition coefficient (Wildman–Crippen LogP) is 6.21. The lowest BCUT2D eigenvalue weighted by Gasteiger charge is -2.31. The van der Waals surface area contributed by atoms with Crippen LogP contribution in [0.25, 0.3) is 0 Å². The molecule has 2 aliphatic carbocycles. The molecule has 2 aromatic carbocycles. The highest BCUT2D eigenvalue weighted by Crippen LogP contribution is 2.35. The number of aliphatic hydroxyl groups is 2. The minimum absolute atomic E-state index is 0.160. The van der Waals surface area contributed by atoms with E-state index in [4.69, 9.17) is 9.47 Å². The lowest BCUT2D eigenvalue weighted by atomic mass is 9.77. The van der Waals surface area contributed by atoms with Crippen molar-refractivity contribution in [2.75, 3.05) is 39.5 Å². The predicted molar refractivity (Wildman–Crippen MR) is 192 cm³/mol. The Kier molecular flexibility index (Phi) is 15.0. The molecule has 3 aliphatic rings. The van der Waals surface area contributed by atoms with Gasteiger partial charge in [-0.15, -0.1) is 0 Å². The van der Waals surface area contributed by atoms with Crippen LogP contribution in [0.2, 0.25) is 0 Å². The number of benzene rings is 2. The number of hydrogen-bond donors (Lipinski definition) is 3. The van der Waals surface area contributed by atoms with Crippen LogP contribution in [-0.4, -0.2) is 78.5 Å². The van der Waals surface area contributed by atoms with Gasteiger partial charge in [0.05, 0.1) is 31.5 Å². The lowest BCUT2D eigenvalue weighted by Crippen LogP contribution is -2.40. The number of ether oxygens (including phenoxy) is 2. The van der Waals surface area contributed by atoms with Crippen LogP contribution in [0.3, 0.4) is 0 Å².